The first-order chi connectivity index (χ1) is 13.5. The molecule has 0 spiro atoms. The number of benzene rings is 2. The number of hydrogen-bond acceptors (Lipinski definition) is 5. The van der Waals surface area contributed by atoms with Crippen molar-refractivity contribution in [1.29, 1.82) is 0 Å². The number of para-hydroxylation sites is 1. The van der Waals surface area contributed by atoms with E-state index in [2.05, 4.69) is 0 Å². The summed E-state index contributed by atoms with van der Waals surface area (Å²) in [6.45, 7) is 2.54. The summed E-state index contributed by atoms with van der Waals surface area (Å²) in [7, 11) is 4.64. The molecule has 0 aliphatic carbocycles. The van der Waals surface area contributed by atoms with Crippen LogP contribution < -0.4 is 19.1 Å². The molecule has 7 heteroatoms. The second-order valence-corrected chi connectivity index (χ2v) is 6.40. The molecule has 0 bridgehead atoms. The summed E-state index contributed by atoms with van der Waals surface area (Å²) in [5.41, 5.74) is 1.16. The normalized spacial score (nSPS) is 16.7. The van der Waals surface area contributed by atoms with E-state index in [4.69, 9.17) is 14.2 Å². The number of hydrogen-bond donors (Lipinski definition) is 0. The SMILES string of the molecule is COc1ccc(N2CCN(C(=O)c3ccccc3OC)C(C)C2=O)cc1OC. The van der Waals surface area contributed by atoms with Crippen molar-refractivity contribution in [3.63, 3.8) is 0 Å². The Kier molecular flexibility index (Phi) is 5.73. The standard InChI is InChI=1S/C21H24N2O5/c1-14-20(24)23(15-9-10-18(27-3)19(13-15)28-4)12-11-22(14)21(25)16-7-5-6-8-17(16)26-2/h5-10,13-14H,11-12H2,1-4H3. The molecule has 7 nitrogen and oxygen atoms in total. The first-order valence-electron chi connectivity index (χ1n) is 8.99. The molecule has 1 fully saturated rings. The van der Waals surface area contributed by atoms with Crippen LogP contribution in [0.3, 0.4) is 0 Å². The van der Waals surface area contributed by atoms with Gasteiger partial charge >= 0.3 is 0 Å². The van der Waals surface area contributed by atoms with Crippen molar-refractivity contribution in [2.75, 3.05) is 39.3 Å². The van der Waals surface area contributed by atoms with E-state index < -0.39 is 6.04 Å². The minimum atomic E-state index is -0.598. The third-order valence-corrected chi connectivity index (χ3v) is 4.93. The highest BCUT2D eigenvalue weighted by Crippen LogP contribution is 2.33. The summed E-state index contributed by atoms with van der Waals surface area (Å²) in [6, 6.07) is 11.8. The fourth-order valence-corrected chi connectivity index (χ4v) is 3.37. The lowest BCUT2D eigenvalue weighted by atomic mass is 10.1. The Hall–Kier alpha value is -3.22. The molecule has 1 heterocycles. The molecule has 2 amide bonds. The van der Waals surface area contributed by atoms with E-state index in [-0.39, 0.29) is 11.8 Å². The maximum Gasteiger partial charge on any atom is 0.258 e. The lowest BCUT2D eigenvalue weighted by molar-refractivity contribution is -0.124. The van der Waals surface area contributed by atoms with Crippen molar-refractivity contribution in [2.24, 2.45) is 0 Å². The highest BCUT2D eigenvalue weighted by molar-refractivity contribution is 6.04. The summed E-state index contributed by atoms with van der Waals surface area (Å²) in [5.74, 6) is 1.27. The first-order valence-corrected chi connectivity index (χ1v) is 8.99. The van der Waals surface area contributed by atoms with Gasteiger partial charge in [-0.2, -0.15) is 0 Å². The smallest absolute Gasteiger partial charge is 0.258 e. The van der Waals surface area contributed by atoms with Crippen molar-refractivity contribution in [1.82, 2.24) is 4.90 Å². The maximum atomic E-state index is 13.0. The van der Waals surface area contributed by atoms with E-state index in [0.717, 1.165) is 0 Å². The molecule has 148 valence electrons. The van der Waals surface area contributed by atoms with Gasteiger partial charge < -0.3 is 24.0 Å². The zero-order valence-electron chi connectivity index (χ0n) is 16.5. The molecular formula is C21H24N2O5. The third kappa shape index (κ3) is 3.47. The molecule has 28 heavy (non-hydrogen) atoms. The van der Waals surface area contributed by atoms with Gasteiger partial charge in [0, 0.05) is 24.8 Å². The predicted molar refractivity (Wildman–Crippen MR) is 105 cm³/mol. The number of rotatable bonds is 5. The Balaban J connectivity index is 1.83. The predicted octanol–water partition coefficient (Wildman–Crippen LogP) is 2.59. The van der Waals surface area contributed by atoms with Crippen LogP contribution in [0.2, 0.25) is 0 Å². The van der Waals surface area contributed by atoms with E-state index >= 15 is 0 Å². The Bertz CT molecular complexity index is 883. The molecule has 0 N–H and O–H groups in total. The van der Waals surface area contributed by atoms with E-state index in [1.165, 1.54) is 7.11 Å². The summed E-state index contributed by atoms with van der Waals surface area (Å²) >= 11 is 0. The average molecular weight is 384 g/mol. The van der Waals surface area contributed by atoms with Gasteiger partial charge in [0.05, 0.1) is 26.9 Å². The second-order valence-electron chi connectivity index (χ2n) is 6.40. The van der Waals surface area contributed by atoms with Crippen molar-refractivity contribution >= 4 is 17.5 Å². The van der Waals surface area contributed by atoms with Crippen LogP contribution in [-0.2, 0) is 4.79 Å². The fourth-order valence-electron chi connectivity index (χ4n) is 3.37. The quantitative estimate of drug-likeness (QED) is 0.793. The topological polar surface area (TPSA) is 68.3 Å². The number of anilines is 1. The van der Waals surface area contributed by atoms with Gasteiger partial charge in [0.15, 0.2) is 11.5 Å². The van der Waals surface area contributed by atoms with Gasteiger partial charge in [-0.15, -0.1) is 0 Å². The lowest BCUT2D eigenvalue weighted by Gasteiger charge is -2.39. The third-order valence-electron chi connectivity index (χ3n) is 4.93. The van der Waals surface area contributed by atoms with Crippen LogP contribution in [0.1, 0.15) is 17.3 Å². The molecule has 1 aliphatic rings. The van der Waals surface area contributed by atoms with Crippen LogP contribution in [0.25, 0.3) is 0 Å². The van der Waals surface area contributed by atoms with Gasteiger partial charge in [0.1, 0.15) is 11.8 Å². The van der Waals surface area contributed by atoms with E-state index in [0.29, 0.717) is 41.6 Å². The zero-order valence-corrected chi connectivity index (χ0v) is 16.5. The minimum absolute atomic E-state index is 0.151. The Morgan fingerprint density at radius 3 is 2.29 bits per heavy atom. The summed E-state index contributed by atoms with van der Waals surface area (Å²) in [4.78, 5) is 29.3. The molecule has 2 aromatic rings. The minimum Gasteiger partial charge on any atom is -0.496 e. The number of carbonyl (C=O) groups excluding carboxylic acids is 2. The van der Waals surface area contributed by atoms with E-state index in [1.54, 1.807) is 67.3 Å². The molecule has 1 unspecified atom stereocenters. The van der Waals surface area contributed by atoms with Crippen molar-refractivity contribution in [2.45, 2.75) is 13.0 Å². The van der Waals surface area contributed by atoms with Crippen LogP contribution in [0.15, 0.2) is 42.5 Å². The largest absolute Gasteiger partial charge is 0.496 e. The molecule has 0 radical (unpaired) electrons. The van der Waals surface area contributed by atoms with Gasteiger partial charge in [-0.3, -0.25) is 9.59 Å². The van der Waals surface area contributed by atoms with Gasteiger partial charge in [-0.25, -0.2) is 0 Å². The first kappa shape index (κ1) is 19.5. The number of amides is 2. The molecule has 1 saturated heterocycles. The molecule has 1 aliphatic heterocycles. The molecule has 3 rings (SSSR count). The van der Waals surface area contributed by atoms with Crippen LogP contribution in [-0.4, -0.2) is 57.2 Å². The van der Waals surface area contributed by atoms with Crippen LogP contribution in [0, 0.1) is 0 Å². The molecule has 1 atom stereocenters. The molecule has 2 aromatic carbocycles. The van der Waals surface area contributed by atoms with Crippen LogP contribution in [0.5, 0.6) is 17.2 Å². The van der Waals surface area contributed by atoms with Crippen LogP contribution in [0.4, 0.5) is 5.69 Å². The number of ether oxygens (including phenoxy) is 3. The number of methoxy groups -OCH3 is 3. The Labute approximate surface area is 164 Å². The average Bonchev–Trinajstić information content (AvgIpc) is 2.74. The van der Waals surface area contributed by atoms with E-state index in [9.17, 15) is 9.59 Å². The lowest BCUT2D eigenvalue weighted by Crippen LogP contribution is -2.57. The number of piperazine rings is 1. The van der Waals surface area contributed by atoms with Gasteiger partial charge in [0.25, 0.3) is 5.91 Å². The Morgan fingerprint density at radius 2 is 1.61 bits per heavy atom. The molecular weight excluding hydrogens is 360 g/mol. The summed E-state index contributed by atoms with van der Waals surface area (Å²) in [5, 5.41) is 0. The van der Waals surface area contributed by atoms with Gasteiger partial charge in [-0.05, 0) is 31.2 Å². The van der Waals surface area contributed by atoms with Gasteiger partial charge in [-0.1, -0.05) is 12.1 Å². The highest BCUT2D eigenvalue weighted by Gasteiger charge is 2.36. The fraction of sp³-hybridized carbons (Fsp3) is 0.333. The summed E-state index contributed by atoms with van der Waals surface area (Å²) < 4.78 is 15.9. The van der Waals surface area contributed by atoms with Gasteiger partial charge in [0.2, 0.25) is 5.91 Å². The zero-order chi connectivity index (χ0) is 20.3. The van der Waals surface area contributed by atoms with Crippen molar-refractivity contribution < 1.29 is 23.8 Å². The second kappa shape index (κ2) is 8.21. The van der Waals surface area contributed by atoms with E-state index in [1.807, 2.05) is 6.07 Å². The number of nitrogens with zero attached hydrogens (tertiary/aromatic N) is 2. The van der Waals surface area contributed by atoms with Crippen molar-refractivity contribution in [3.05, 3.63) is 48.0 Å². The molecule has 0 aromatic heterocycles. The summed E-state index contributed by atoms with van der Waals surface area (Å²) in [6.07, 6.45) is 0. The maximum absolute atomic E-state index is 13.0. The molecule has 0 saturated carbocycles. The monoisotopic (exact) mass is 384 g/mol. The number of carbonyl (C=O) groups is 2. The Morgan fingerprint density at radius 1 is 0.929 bits per heavy atom. The van der Waals surface area contributed by atoms with Crippen LogP contribution >= 0.6 is 0 Å². The highest BCUT2D eigenvalue weighted by atomic mass is 16.5. The van der Waals surface area contributed by atoms with Crippen molar-refractivity contribution in [3.8, 4) is 17.2 Å².